The van der Waals surface area contributed by atoms with Gasteiger partial charge in [0.2, 0.25) is 0 Å². The summed E-state index contributed by atoms with van der Waals surface area (Å²) in [5.41, 5.74) is 4.31. The molecule has 0 N–H and O–H groups in total. The average molecular weight is 795 g/mol. The minimum Gasteiger partial charge on any atom is -0.494 e. The van der Waals surface area contributed by atoms with E-state index in [1.54, 1.807) is 5.57 Å². The molecule has 8 rings (SSSR count). The Balaban J connectivity index is 0.781. The second kappa shape index (κ2) is 18.1. The maximum atomic E-state index is 13.4. The van der Waals surface area contributed by atoms with Gasteiger partial charge >= 0.3 is 5.97 Å². The molecule has 1 aromatic heterocycles. The van der Waals surface area contributed by atoms with Gasteiger partial charge in [0.15, 0.2) is 12.4 Å². The third-order valence-corrected chi connectivity index (χ3v) is 15.6. The molecule has 4 aromatic rings. The van der Waals surface area contributed by atoms with Crippen molar-refractivity contribution in [3.63, 3.8) is 0 Å². The van der Waals surface area contributed by atoms with Crippen molar-refractivity contribution in [2.45, 2.75) is 131 Å². The van der Waals surface area contributed by atoms with Crippen molar-refractivity contribution >= 4 is 28.1 Å². The number of fused-ring (bicyclic) bond motifs is 6. The van der Waals surface area contributed by atoms with Crippen molar-refractivity contribution in [1.82, 2.24) is 0 Å². The maximum absolute atomic E-state index is 13.4. The van der Waals surface area contributed by atoms with Crippen LogP contribution in [0.15, 0.2) is 113 Å². The molecule has 4 aliphatic carbocycles. The van der Waals surface area contributed by atoms with E-state index in [-0.39, 0.29) is 17.5 Å². The van der Waals surface area contributed by atoms with Crippen molar-refractivity contribution in [3.8, 4) is 5.75 Å². The van der Waals surface area contributed by atoms with Crippen molar-refractivity contribution in [2.24, 2.45) is 56.6 Å². The highest BCUT2D eigenvalue weighted by molar-refractivity contribution is 5.89. The third kappa shape index (κ3) is 9.22. The van der Waals surface area contributed by atoms with Crippen LogP contribution in [0, 0.1) is 46.3 Å². The van der Waals surface area contributed by atoms with Crippen LogP contribution in [-0.2, 0) is 11.3 Å². The fraction of sp³-hybridized carbons (Fsp3) is 0.547. The van der Waals surface area contributed by atoms with Crippen LogP contribution in [-0.4, -0.2) is 18.7 Å². The molecule has 8 unspecified atom stereocenters. The highest BCUT2D eigenvalue weighted by Crippen LogP contribution is 2.67. The first kappa shape index (κ1) is 41.4. The van der Waals surface area contributed by atoms with Crippen molar-refractivity contribution < 1.29 is 18.8 Å². The van der Waals surface area contributed by atoms with Gasteiger partial charge < -0.3 is 9.47 Å². The van der Waals surface area contributed by atoms with Crippen molar-refractivity contribution in [3.05, 3.63) is 108 Å². The first-order valence-electron chi connectivity index (χ1n) is 23.1. The minimum absolute atomic E-state index is 0.0597. The van der Waals surface area contributed by atoms with Crippen LogP contribution in [0.5, 0.6) is 5.75 Å². The Labute approximate surface area is 353 Å². The molecular formula is C53H68N3O3+. The van der Waals surface area contributed by atoms with E-state index in [1.165, 1.54) is 62.1 Å². The Bertz CT molecular complexity index is 2110. The van der Waals surface area contributed by atoms with Crippen LogP contribution in [0.1, 0.15) is 128 Å². The van der Waals surface area contributed by atoms with Crippen molar-refractivity contribution in [1.29, 1.82) is 0 Å². The van der Waals surface area contributed by atoms with Gasteiger partial charge in [0.25, 0.3) is 0 Å². The zero-order valence-electron chi connectivity index (χ0n) is 36.5. The molecule has 8 atom stereocenters. The molecule has 0 spiro atoms. The topological polar surface area (TPSA) is 64.1 Å². The van der Waals surface area contributed by atoms with Crippen LogP contribution >= 0.6 is 0 Å². The molecule has 4 aliphatic rings. The minimum atomic E-state index is -0.243. The number of hydrogen-bond donors (Lipinski definition) is 0. The number of pyridine rings is 1. The van der Waals surface area contributed by atoms with E-state index in [1.807, 2.05) is 48.5 Å². The Hall–Kier alpha value is -4.32. The van der Waals surface area contributed by atoms with E-state index >= 15 is 0 Å². The fourth-order valence-electron chi connectivity index (χ4n) is 12.3. The lowest BCUT2D eigenvalue weighted by Gasteiger charge is -2.58. The Morgan fingerprint density at radius 3 is 2.31 bits per heavy atom. The number of azo groups is 1. The third-order valence-electron chi connectivity index (χ3n) is 15.6. The number of aromatic nitrogens is 1. The van der Waals surface area contributed by atoms with Crippen LogP contribution in [0.25, 0.3) is 10.8 Å². The number of carbonyl (C=O) groups excluding carboxylic acids is 1. The molecule has 3 fully saturated rings. The summed E-state index contributed by atoms with van der Waals surface area (Å²) in [6, 6.07) is 25.6. The summed E-state index contributed by atoms with van der Waals surface area (Å²) in [6.45, 7) is 14.2. The molecule has 0 radical (unpaired) electrons. The molecule has 59 heavy (non-hydrogen) atoms. The first-order valence-corrected chi connectivity index (χ1v) is 23.1. The number of carbonyl (C=O) groups is 1. The molecule has 312 valence electrons. The molecule has 1 heterocycles. The summed E-state index contributed by atoms with van der Waals surface area (Å²) in [5.74, 6) is 5.56. The highest BCUT2D eigenvalue weighted by atomic mass is 16.5. The fourth-order valence-corrected chi connectivity index (χ4v) is 12.3. The standard InChI is InChI=1S/C53H68N3O3/c1-37(2)11-10-12-38(3)48-25-26-49-47-24-17-42-35-46(27-30-52(42,4)50(47)28-31-53(48,49)5)59-51(57)40-15-18-43(19-16-40)54-55-44-20-22-45(23-21-44)58-34-9-8-32-56-33-29-39-13-6-7-14-41(39)36-56/h6-7,13-23,29,33,36-38,46-50H,8-12,24-28,30-32,34-35H2,1-5H3/q+1. The number of aryl methyl sites for hydroxylation is 1. The predicted octanol–water partition coefficient (Wildman–Crippen LogP) is 14.0. The maximum Gasteiger partial charge on any atom is 0.338 e. The summed E-state index contributed by atoms with van der Waals surface area (Å²) >= 11 is 0. The lowest BCUT2D eigenvalue weighted by atomic mass is 9.47. The van der Waals surface area contributed by atoms with E-state index in [0.717, 1.165) is 85.6 Å². The molecule has 6 heteroatoms. The largest absolute Gasteiger partial charge is 0.494 e. The summed E-state index contributed by atoms with van der Waals surface area (Å²) < 4.78 is 14.4. The summed E-state index contributed by atoms with van der Waals surface area (Å²) in [7, 11) is 0. The number of allylic oxidation sites excluding steroid dienone is 1. The zero-order valence-corrected chi connectivity index (χ0v) is 36.5. The monoisotopic (exact) mass is 795 g/mol. The number of ether oxygens (including phenoxy) is 2. The molecule has 3 saturated carbocycles. The quantitative estimate of drug-likeness (QED) is 0.0396. The molecule has 6 nitrogen and oxygen atoms in total. The molecular weight excluding hydrogens is 727 g/mol. The van der Waals surface area contributed by atoms with Gasteiger partial charge in [-0.2, -0.15) is 10.2 Å². The Kier molecular flexibility index (Phi) is 12.7. The second-order valence-corrected chi connectivity index (χ2v) is 19.7. The van der Waals surface area contributed by atoms with Gasteiger partial charge in [-0.1, -0.05) is 83.7 Å². The first-order chi connectivity index (χ1) is 28.6. The molecule has 0 amide bonds. The smallest absolute Gasteiger partial charge is 0.338 e. The van der Waals surface area contributed by atoms with Gasteiger partial charge in [-0.25, -0.2) is 9.36 Å². The van der Waals surface area contributed by atoms with Gasteiger partial charge in [0.05, 0.1) is 23.5 Å². The van der Waals surface area contributed by atoms with Gasteiger partial charge in [-0.15, -0.1) is 0 Å². The van der Waals surface area contributed by atoms with E-state index in [9.17, 15) is 4.79 Å². The number of esters is 1. The van der Waals surface area contributed by atoms with E-state index in [4.69, 9.17) is 9.47 Å². The number of benzene rings is 3. The summed E-state index contributed by atoms with van der Waals surface area (Å²) in [5, 5.41) is 11.4. The summed E-state index contributed by atoms with van der Waals surface area (Å²) in [4.78, 5) is 13.4. The Morgan fingerprint density at radius 2 is 1.54 bits per heavy atom. The van der Waals surface area contributed by atoms with E-state index in [0.29, 0.717) is 23.3 Å². The number of rotatable bonds is 15. The van der Waals surface area contributed by atoms with Gasteiger partial charge in [0, 0.05) is 24.3 Å². The molecule has 3 aromatic carbocycles. The second-order valence-electron chi connectivity index (χ2n) is 19.7. The number of hydrogen-bond acceptors (Lipinski definition) is 5. The molecule has 0 aliphatic heterocycles. The SMILES string of the molecule is CC(C)CCCC(C)C1CCC2C3CC=C4CC(OC(=O)c5ccc(N=Nc6ccc(OCCCC[n+]7ccc8ccccc8c7)cc6)cc5)CCC4(C)C3CCC12C. The lowest BCUT2D eigenvalue weighted by Crippen LogP contribution is -2.51. The van der Waals surface area contributed by atoms with Gasteiger partial charge in [-0.05, 0) is 158 Å². The average Bonchev–Trinajstić information content (AvgIpc) is 3.60. The molecule has 0 saturated heterocycles. The lowest BCUT2D eigenvalue weighted by molar-refractivity contribution is -0.696. The predicted molar refractivity (Wildman–Crippen MR) is 238 cm³/mol. The van der Waals surface area contributed by atoms with E-state index < -0.39 is 0 Å². The van der Waals surface area contributed by atoms with Crippen molar-refractivity contribution in [2.75, 3.05) is 6.61 Å². The van der Waals surface area contributed by atoms with Gasteiger partial charge in [-0.3, -0.25) is 0 Å². The number of unbranched alkanes of at least 4 members (excludes halogenated alkanes) is 1. The van der Waals surface area contributed by atoms with Crippen LogP contribution in [0.3, 0.4) is 0 Å². The zero-order chi connectivity index (χ0) is 41.0. The van der Waals surface area contributed by atoms with Gasteiger partial charge in [0.1, 0.15) is 18.4 Å². The normalized spacial score (nSPS) is 28.2. The Morgan fingerprint density at radius 1 is 0.797 bits per heavy atom. The van der Waals surface area contributed by atoms with Crippen LogP contribution in [0.4, 0.5) is 11.4 Å². The van der Waals surface area contributed by atoms with Crippen LogP contribution in [0.2, 0.25) is 0 Å². The highest BCUT2D eigenvalue weighted by Gasteiger charge is 2.59. The summed E-state index contributed by atoms with van der Waals surface area (Å²) in [6.07, 6.45) is 22.8. The van der Waals surface area contributed by atoms with E-state index in [2.05, 4.69) is 98.2 Å². The number of nitrogens with zero attached hydrogens (tertiary/aromatic N) is 3. The van der Waals surface area contributed by atoms with Crippen LogP contribution < -0.4 is 9.30 Å². The molecule has 0 bridgehead atoms.